The normalized spacial score (nSPS) is 10.9. The Bertz CT molecular complexity index is 773. The quantitative estimate of drug-likeness (QED) is 0.717. The molecule has 0 atom stereocenters. The first-order chi connectivity index (χ1) is 10.2. The van der Waals surface area contributed by atoms with Crippen LogP contribution in [0.3, 0.4) is 0 Å². The van der Waals surface area contributed by atoms with Crippen molar-refractivity contribution >= 4 is 16.6 Å². The van der Waals surface area contributed by atoms with Crippen LogP contribution in [0.25, 0.3) is 10.8 Å². The van der Waals surface area contributed by atoms with Crippen LogP contribution in [0.15, 0.2) is 54.9 Å². The number of carbonyl (C=O) groups excluding carboxylic acids is 1. The minimum Gasteiger partial charge on any atom is -0.299 e. The van der Waals surface area contributed by atoms with Crippen LogP contribution in [0.5, 0.6) is 0 Å². The molecule has 1 aromatic heterocycles. The number of carbonyl (C=O) groups is 1. The molecule has 0 unspecified atom stereocenters. The van der Waals surface area contributed by atoms with Crippen LogP contribution in [0, 0.1) is 0 Å². The number of rotatable bonds is 5. The number of benzene rings is 2. The fourth-order valence-electron chi connectivity index (χ4n) is 2.54. The lowest BCUT2D eigenvalue weighted by atomic mass is 10.0. The Kier molecular flexibility index (Phi) is 3.82. The third-order valence-electron chi connectivity index (χ3n) is 3.63. The molecule has 0 aliphatic rings. The SMILES string of the molecule is CCn1cc(CC(=O)Cc2ccc3ccccc3c2)cn1. The van der Waals surface area contributed by atoms with E-state index in [4.69, 9.17) is 0 Å². The van der Waals surface area contributed by atoms with Gasteiger partial charge in [-0.2, -0.15) is 5.10 Å². The van der Waals surface area contributed by atoms with Crippen molar-refractivity contribution < 1.29 is 4.79 Å². The molecule has 1 heterocycles. The molecular formula is C18H18N2O. The van der Waals surface area contributed by atoms with Gasteiger partial charge in [0.2, 0.25) is 0 Å². The average molecular weight is 278 g/mol. The summed E-state index contributed by atoms with van der Waals surface area (Å²) in [6, 6.07) is 14.4. The van der Waals surface area contributed by atoms with E-state index in [0.717, 1.165) is 17.7 Å². The monoisotopic (exact) mass is 278 g/mol. The smallest absolute Gasteiger partial charge is 0.141 e. The van der Waals surface area contributed by atoms with Crippen molar-refractivity contribution in [1.29, 1.82) is 0 Å². The van der Waals surface area contributed by atoms with Crippen molar-refractivity contribution in [1.82, 2.24) is 9.78 Å². The summed E-state index contributed by atoms with van der Waals surface area (Å²) in [4.78, 5) is 12.2. The molecule has 0 N–H and O–H groups in total. The third kappa shape index (κ3) is 3.19. The van der Waals surface area contributed by atoms with Crippen LogP contribution < -0.4 is 0 Å². The lowest BCUT2D eigenvalue weighted by Gasteiger charge is -2.03. The maximum atomic E-state index is 12.2. The number of aromatic nitrogens is 2. The molecule has 0 amide bonds. The Labute approximate surface area is 124 Å². The predicted octanol–water partition coefficient (Wildman–Crippen LogP) is 3.41. The van der Waals surface area contributed by atoms with Gasteiger partial charge in [-0.05, 0) is 28.8 Å². The molecule has 3 nitrogen and oxygen atoms in total. The van der Waals surface area contributed by atoms with Crippen LogP contribution in [-0.4, -0.2) is 15.6 Å². The van der Waals surface area contributed by atoms with Crippen molar-refractivity contribution in [2.75, 3.05) is 0 Å². The van der Waals surface area contributed by atoms with Gasteiger partial charge in [0.15, 0.2) is 0 Å². The van der Waals surface area contributed by atoms with Gasteiger partial charge in [0, 0.05) is 25.6 Å². The van der Waals surface area contributed by atoms with E-state index in [1.165, 1.54) is 10.8 Å². The highest BCUT2D eigenvalue weighted by molar-refractivity contribution is 5.86. The molecule has 3 rings (SSSR count). The summed E-state index contributed by atoms with van der Waals surface area (Å²) in [6.07, 6.45) is 4.65. The Morgan fingerprint density at radius 2 is 1.81 bits per heavy atom. The third-order valence-corrected chi connectivity index (χ3v) is 3.63. The standard InChI is InChI=1S/C18H18N2O/c1-2-20-13-15(12-19-20)11-18(21)10-14-7-8-16-5-3-4-6-17(16)9-14/h3-9,12-13H,2,10-11H2,1H3. The minimum absolute atomic E-state index is 0.223. The molecule has 3 heteroatoms. The highest BCUT2D eigenvalue weighted by atomic mass is 16.1. The van der Waals surface area contributed by atoms with Crippen LogP contribution in [0.1, 0.15) is 18.1 Å². The van der Waals surface area contributed by atoms with Crippen LogP contribution in [-0.2, 0) is 24.2 Å². The maximum Gasteiger partial charge on any atom is 0.141 e. The van der Waals surface area contributed by atoms with Gasteiger partial charge in [0.05, 0.1) is 6.20 Å². The molecule has 0 spiro atoms. The molecule has 3 aromatic rings. The molecule has 106 valence electrons. The van der Waals surface area contributed by atoms with Gasteiger partial charge >= 0.3 is 0 Å². The Balaban J connectivity index is 1.70. The van der Waals surface area contributed by atoms with E-state index in [9.17, 15) is 4.79 Å². The largest absolute Gasteiger partial charge is 0.299 e. The van der Waals surface area contributed by atoms with E-state index in [-0.39, 0.29) is 5.78 Å². The van der Waals surface area contributed by atoms with Crippen molar-refractivity contribution in [3.8, 4) is 0 Å². The number of nitrogens with zero attached hydrogens (tertiary/aromatic N) is 2. The lowest BCUT2D eigenvalue weighted by molar-refractivity contribution is -0.117. The minimum atomic E-state index is 0.223. The van der Waals surface area contributed by atoms with E-state index in [1.807, 2.05) is 36.0 Å². The molecule has 0 radical (unpaired) electrons. The first-order valence-electron chi connectivity index (χ1n) is 7.25. The van der Waals surface area contributed by atoms with Gasteiger partial charge in [-0.25, -0.2) is 0 Å². The summed E-state index contributed by atoms with van der Waals surface area (Å²) >= 11 is 0. The fourth-order valence-corrected chi connectivity index (χ4v) is 2.54. The molecule has 0 aliphatic heterocycles. The number of Topliss-reactive ketones (excluding diaryl/α,β-unsaturated/α-hetero) is 1. The number of hydrogen-bond donors (Lipinski definition) is 0. The first-order valence-corrected chi connectivity index (χ1v) is 7.25. The number of fused-ring (bicyclic) bond motifs is 1. The van der Waals surface area contributed by atoms with Gasteiger partial charge < -0.3 is 0 Å². The van der Waals surface area contributed by atoms with Crippen molar-refractivity contribution in [3.63, 3.8) is 0 Å². The summed E-state index contributed by atoms with van der Waals surface area (Å²) < 4.78 is 1.85. The van der Waals surface area contributed by atoms with Gasteiger partial charge in [-0.3, -0.25) is 9.48 Å². The summed E-state index contributed by atoms with van der Waals surface area (Å²) in [6.45, 7) is 2.87. The van der Waals surface area contributed by atoms with E-state index in [1.54, 1.807) is 6.20 Å². The van der Waals surface area contributed by atoms with Gasteiger partial charge in [-0.15, -0.1) is 0 Å². The zero-order chi connectivity index (χ0) is 14.7. The highest BCUT2D eigenvalue weighted by Crippen LogP contribution is 2.16. The topological polar surface area (TPSA) is 34.9 Å². The van der Waals surface area contributed by atoms with Crippen LogP contribution in [0.2, 0.25) is 0 Å². The summed E-state index contributed by atoms with van der Waals surface area (Å²) in [7, 11) is 0. The van der Waals surface area contributed by atoms with E-state index in [2.05, 4.69) is 29.4 Å². The molecule has 0 aliphatic carbocycles. The summed E-state index contributed by atoms with van der Waals surface area (Å²) in [5, 5.41) is 6.59. The average Bonchev–Trinajstić information content (AvgIpc) is 2.94. The summed E-state index contributed by atoms with van der Waals surface area (Å²) in [5.74, 6) is 0.223. The zero-order valence-corrected chi connectivity index (χ0v) is 12.1. The number of hydrogen-bond acceptors (Lipinski definition) is 2. The summed E-state index contributed by atoms with van der Waals surface area (Å²) in [5.41, 5.74) is 2.06. The van der Waals surface area contributed by atoms with Gasteiger partial charge in [0.25, 0.3) is 0 Å². The fraction of sp³-hybridized carbons (Fsp3) is 0.222. The second-order valence-corrected chi connectivity index (χ2v) is 5.28. The molecule has 21 heavy (non-hydrogen) atoms. The molecular weight excluding hydrogens is 260 g/mol. The van der Waals surface area contributed by atoms with Gasteiger partial charge in [-0.1, -0.05) is 42.5 Å². The van der Waals surface area contributed by atoms with Gasteiger partial charge in [0.1, 0.15) is 5.78 Å². The second-order valence-electron chi connectivity index (χ2n) is 5.28. The van der Waals surface area contributed by atoms with E-state index >= 15 is 0 Å². The van der Waals surface area contributed by atoms with E-state index < -0.39 is 0 Å². The van der Waals surface area contributed by atoms with Crippen molar-refractivity contribution in [3.05, 3.63) is 66.0 Å². The second kappa shape index (κ2) is 5.92. The number of ketones is 1. The Hall–Kier alpha value is -2.42. The molecule has 0 bridgehead atoms. The maximum absolute atomic E-state index is 12.2. The van der Waals surface area contributed by atoms with Crippen molar-refractivity contribution in [2.24, 2.45) is 0 Å². The van der Waals surface area contributed by atoms with Crippen LogP contribution in [0.4, 0.5) is 0 Å². The predicted molar refractivity (Wildman–Crippen MR) is 84.3 cm³/mol. The first kappa shape index (κ1) is 13.6. The molecule has 2 aromatic carbocycles. The Morgan fingerprint density at radius 3 is 2.57 bits per heavy atom. The Morgan fingerprint density at radius 1 is 1.05 bits per heavy atom. The number of aryl methyl sites for hydroxylation is 1. The van der Waals surface area contributed by atoms with Crippen molar-refractivity contribution in [2.45, 2.75) is 26.3 Å². The molecule has 0 saturated carbocycles. The van der Waals surface area contributed by atoms with Crippen LogP contribution >= 0.6 is 0 Å². The molecule has 0 fully saturated rings. The van der Waals surface area contributed by atoms with E-state index in [0.29, 0.717) is 12.8 Å². The highest BCUT2D eigenvalue weighted by Gasteiger charge is 2.07. The zero-order valence-electron chi connectivity index (χ0n) is 12.1. The molecule has 0 saturated heterocycles. The lowest BCUT2D eigenvalue weighted by Crippen LogP contribution is -2.06.